The van der Waals surface area contributed by atoms with Gasteiger partial charge < -0.3 is 147 Å². The van der Waals surface area contributed by atoms with Crippen LogP contribution in [-0.4, -0.2) is 365 Å². The zero-order valence-corrected chi connectivity index (χ0v) is 93.4. The normalized spacial score (nSPS) is 41.2. The Bertz CT molecular complexity index is 3520. The molecule has 0 aromatic carbocycles. The van der Waals surface area contributed by atoms with Gasteiger partial charge >= 0.3 is 127 Å². The largest absolute Gasteiger partial charge is 1.00 e. The van der Waals surface area contributed by atoms with E-state index in [0.29, 0.717) is 31.8 Å². The molecule has 7 aliphatic heterocycles. The first kappa shape index (κ1) is 129. The third kappa shape index (κ3) is 32.7. The van der Waals surface area contributed by atoms with Gasteiger partial charge in [-0.25, -0.2) is 4.79 Å². The summed E-state index contributed by atoms with van der Waals surface area (Å²) in [6.07, 6.45) is -13.3. The van der Waals surface area contributed by atoms with Crippen molar-refractivity contribution in [3.8, 4) is 0 Å². The monoisotopic (exact) mass is 1980 g/mol. The van der Waals surface area contributed by atoms with E-state index in [9.17, 15) is 44.9 Å². The third-order valence-corrected chi connectivity index (χ3v) is 29.2. The molecular formula is C95H176K2N6O31. The Labute approximate surface area is 887 Å². The van der Waals surface area contributed by atoms with Crippen LogP contribution in [-0.2, 0) is 114 Å². The molecule has 7 heterocycles. The molecule has 7 saturated heterocycles. The van der Waals surface area contributed by atoms with Crippen molar-refractivity contribution in [2.24, 2.45) is 57.7 Å². The molecule has 0 saturated carbocycles. The van der Waals surface area contributed by atoms with Crippen LogP contribution >= 0.6 is 0 Å². The number of nitrogens with zero attached hydrogens (tertiary/aromatic N) is 6. The van der Waals surface area contributed by atoms with Crippen LogP contribution < -0.4 is 108 Å². The summed E-state index contributed by atoms with van der Waals surface area (Å²) in [7, 11) is 14.0. The number of carbonyl (C=O) groups is 5. The average molecular weight is 1980 g/mol. The second kappa shape index (κ2) is 58.6. The van der Waals surface area contributed by atoms with Crippen molar-refractivity contribution in [3.63, 3.8) is 0 Å². The number of aliphatic hydroxyl groups is 3. The molecule has 7 aliphatic rings. The standard InChI is InChI=1S/C48H85N3O15.C45H85N3O13.CH2O3.CH4.2K.H/c1-18-35-48(13)41(65-45(54)66-48)29(6)37(49-55)27(4)25-46(11,56-16)40(64-44-39(61-33(10)52)34(50(14)15)24-28(5)59-44)30(7)38(31(8)43(53)62-35)63-36-26-47(12,57-17)42(32(9)60-36)58-23-21-22-51(19-2)20-3;1-17-33-45(12,52)38(50)28(6)35(46-53)26(4)24-43(10,54-15)39(61-42-36(49)32(47(13)14)23-27(5)57-42)29(7)37(30(8)41(51)59-33)60-34-25-44(11,55-16)40(31(9)58-34)56-22-20-21-48(18-2)19-3;2-1-4-3;;;;/h27-32,34-36,38-42,44,55H,18-26H2,1-17H3;26-34,36-40,42,49-50,52-53H,17-25H2,1-16H3;1,3H;1H4;;;/q;;;;2*+1;-1/p-1/b49-37+;46-35+;;;;;/t27-,28-,29+,30+,31-,32+,34+,35-,36+,38+,39-,40-,41-,42+,44+,46-,47-,48-;26-,27-,28+,29+,30-,31+,32+,33-,34+,36-,37+,38-,39-,40+,42+,43-,44-,45-;;;;;/m11...../s1. The van der Waals surface area contributed by atoms with Crippen LogP contribution in [0.3, 0.4) is 0 Å². The van der Waals surface area contributed by atoms with Crippen LogP contribution in [0.5, 0.6) is 0 Å². The van der Waals surface area contributed by atoms with Gasteiger partial charge in [0.2, 0.25) is 0 Å². The summed E-state index contributed by atoms with van der Waals surface area (Å²) in [5.41, 5.74) is -7.00. The number of hydrogen-bond donors (Lipinski definition) is 5. The smallest absolute Gasteiger partial charge is 1.00 e. The van der Waals surface area contributed by atoms with Crippen molar-refractivity contribution in [2.75, 3.05) is 109 Å². The Morgan fingerprint density at radius 1 is 0.530 bits per heavy atom. The molecule has 5 N–H and O–H groups in total. The molecule has 0 aromatic rings. The molecular weight excluding hydrogens is 1800 g/mol. The van der Waals surface area contributed by atoms with Gasteiger partial charge in [0.15, 0.2) is 43.0 Å². The topological polar surface area (TPSA) is 432 Å². The van der Waals surface area contributed by atoms with Crippen molar-refractivity contribution >= 4 is 42.0 Å². The first-order chi connectivity index (χ1) is 61.4. The molecule has 0 amide bonds. The fraction of sp³-hybridized carbons (Fsp3) is 0.926. The van der Waals surface area contributed by atoms with Gasteiger partial charge in [0.1, 0.15) is 36.1 Å². The maximum atomic E-state index is 14.8. The molecule has 37 nitrogen and oxygen atoms in total. The predicted molar refractivity (Wildman–Crippen MR) is 490 cm³/mol. The molecule has 774 valence electrons. The van der Waals surface area contributed by atoms with Crippen molar-refractivity contribution in [3.05, 3.63) is 0 Å². The van der Waals surface area contributed by atoms with E-state index in [1.807, 2.05) is 128 Å². The predicted octanol–water partition coefficient (Wildman–Crippen LogP) is 3.86. The molecule has 0 radical (unpaired) electrons. The molecule has 39 heteroatoms. The van der Waals surface area contributed by atoms with E-state index in [4.69, 9.17) is 100 Å². The summed E-state index contributed by atoms with van der Waals surface area (Å²) < 4.78 is 123. The molecule has 0 aliphatic carbocycles. The minimum atomic E-state index is -1.93. The van der Waals surface area contributed by atoms with Crippen LogP contribution in [0.2, 0.25) is 0 Å². The van der Waals surface area contributed by atoms with Gasteiger partial charge in [-0.3, -0.25) is 19.2 Å². The van der Waals surface area contributed by atoms with Gasteiger partial charge in [-0.05, 0) is 189 Å². The van der Waals surface area contributed by atoms with Gasteiger partial charge in [0.05, 0.1) is 107 Å². The maximum Gasteiger partial charge on any atom is 1.00 e. The summed E-state index contributed by atoms with van der Waals surface area (Å²) in [6.45, 7) is 53.0. The number of aliphatic hydroxyl groups excluding tert-OH is 2. The molecule has 0 spiro atoms. The van der Waals surface area contributed by atoms with E-state index < -0.39 is 216 Å². The molecule has 0 bridgehead atoms. The van der Waals surface area contributed by atoms with E-state index >= 15 is 0 Å². The van der Waals surface area contributed by atoms with Crippen LogP contribution in [0.4, 0.5) is 4.79 Å². The van der Waals surface area contributed by atoms with Gasteiger partial charge in [-0.15, -0.1) is 0 Å². The Kier molecular flexibility index (Phi) is 56.2. The van der Waals surface area contributed by atoms with Crippen molar-refractivity contribution in [2.45, 2.75) is 413 Å². The molecule has 7 rings (SSSR count). The summed E-state index contributed by atoms with van der Waals surface area (Å²) >= 11 is 0. The van der Waals surface area contributed by atoms with Gasteiger partial charge in [-0.2, -0.15) is 0 Å². The second-order valence-electron chi connectivity index (χ2n) is 39.1. The van der Waals surface area contributed by atoms with E-state index in [1.54, 1.807) is 70.0 Å². The average Bonchev–Trinajstić information content (AvgIpc) is 1.60. The Morgan fingerprint density at radius 2 is 0.903 bits per heavy atom. The number of carbonyl (C=O) groups excluding carboxylic acids is 5. The van der Waals surface area contributed by atoms with E-state index in [1.165, 1.54) is 13.8 Å². The number of ether oxygens (including phenoxy) is 19. The fourth-order valence-electron chi connectivity index (χ4n) is 21.2. The Morgan fingerprint density at radius 3 is 1.27 bits per heavy atom. The van der Waals surface area contributed by atoms with E-state index in [2.05, 4.69) is 52.7 Å². The molecule has 0 aromatic heterocycles. The number of rotatable bonds is 32. The number of oxime groups is 2. The van der Waals surface area contributed by atoms with E-state index in [0.717, 1.165) is 52.1 Å². The van der Waals surface area contributed by atoms with Crippen molar-refractivity contribution in [1.82, 2.24) is 19.6 Å². The minimum Gasteiger partial charge on any atom is -1.00 e. The van der Waals surface area contributed by atoms with Crippen LogP contribution in [0.15, 0.2) is 10.3 Å². The number of fused-ring (bicyclic) bond motifs is 1. The molecule has 36 atom stereocenters. The molecule has 0 unspecified atom stereocenters. The number of cyclic esters (lactones) is 2. The van der Waals surface area contributed by atoms with E-state index in [-0.39, 0.29) is 187 Å². The third-order valence-electron chi connectivity index (χ3n) is 29.2. The Hall–Kier alpha value is -1.52. The van der Waals surface area contributed by atoms with Crippen LogP contribution in [0, 0.1) is 47.3 Å². The SMILES string of the molecule is C.CC[C@H]1OC(=O)[C@H](C)[C@@H](O[C@H]2C[C@@](C)(OC)[C@@H](OCCCN(CC)CC)[C@H](C)O2)[C@H](C)[C@@H](O[C@@H]2O[C@H](C)C[C@H](N(C)C)[C@H]2O)[C@](C)(OC)C[C@@H](C)/C(=N\O)[C@H](C)[C@@H](O)[C@]1(C)O.CC[C@H]1OC(=O)[C@H](C)[C@@H](O[C@H]2C[C@@](C)(OC)[C@@H](OCCCN(CC)CC)[C@H](C)O2)[C@H](C)[C@@H](O[C@@H]2O[C@H](C)C[C@H](N(C)C)[C@H]2OC(C)=O)[C@](C)(OC)C[C@@H](C)/C(=N\O)[C@H](C)[C@H]2OC(=O)O[C@@]21C.O=CO[O-].[H-].[K+].[K+]. The number of likely N-dealkylation sites (N-methyl/N-ethyl adjacent to an activating group) is 2. The maximum absolute atomic E-state index is 14.8. The van der Waals surface area contributed by atoms with Crippen molar-refractivity contribution < 1.29 is 254 Å². The Balaban J connectivity index is 0.00000127. The number of methoxy groups -OCH3 is 4. The number of esters is 3. The number of hydrogen-bond acceptors (Lipinski definition) is 37. The quantitative estimate of drug-likeness (QED) is 0.00933. The van der Waals surface area contributed by atoms with Gasteiger partial charge in [0, 0.05) is 116 Å². The summed E-state index contributed by atoms with van der Waals surface area (Å²) in [4.78, 5) is 74.9. The van der Waals surface area contributed by atoms with Crippen LogP contribution in [0.25, 0.3) is 0 Å². The van der Waals surface area contributed by atoms with Crippen molar-refractivity contribution in [1.29, 1.82) is 0 Å². The van der Waals surface area contributed by atoms with Crippen LogP contribution in [0.1, 0.15) is 246 Å². The summed E-state index contributed by atoms with van der Waals surface area (Å²) in [5.74, 6) is -7.78. The first-order valence-corrected chi connectivity index (χ1v) is 47.6. The molecule has 134 heavy (non-hydrogen) atoms. The first-order valence-electron chi connectivity index (χ1n) is 47.6. The zero-order valence-electron chi connectivity index (χ0n) is 88.2. The summed E-state index contributed by atoms with van der Waals surface area (Å²) in [6, 6.07) is -0.548. The minimum absolute atomic E-state index is 0. The second-order valence-corrected chi connectivity index (χ2v) is 39.1. The fourth-order valence-corrected chi connectivity index (χ4v) is 21.2. The van der Waals surface area contributed by atoms with Gasteiger partial charge in [0.25, 0.3) is 6.47 Å². The molecule has 7 fully saturated rings. The van der Waals surface area contributed by atoms with Gasteiger partial charge in [-0.1, -0.05) is 101 Å². The zero-order chi connectivity index (χ0) is 99.1. The summed E-state index contributed by atoms with van der Waals surface area (Å²) in [5, 5.41) is 72.4.